The predicted octanol–water partition coefficient (Wildman–Crippen LogP) is 5.07. The van der Waals surface area contributed by atoms with Crippen molar-refractivity contribution in [1.29, 1.82) is 0 Å². The van der Waals surface area contributed by atoms with Crippen molar-refractivity contribution >= 4 is 49.4 Å². The summed E-state index contributed by atoms with van der Waals surface area (Å²) in [5, 5.41) is 1.98. The summed E-state index contributed by atoms with van der Waals surface area (Å²) in [4.78, 5) is 27.4. The molecule has 158 valence electrons. The fraction of sp³-hybridized carbons (Fsp3) is 0.364. The van der Waals surface area contributed by atoms with Crippen LogP contribution in [0.3, 0.4) is 0 Å². The van der Waals surface area contributed by atoms with Gasteiger partial charge in [-0.25, -0.2) is 4.39 Å². The van der Waals surface area contributed by atoms with E-state index < -0.39 is 0 Å². The molecule has 1 fully saturated rings. The second kappa shape index (κ2) is 8.89. The lowest BCUT2D eigenvalue weighted by Gasteiger charge is -2.31. The third-order valence-corrected chi connectivity index (χ3v) is 7.18. The van der Waals surface area contributed by atoms with E-state index in [2.05, 4.69) is 15.9 Å². The number of hydrogen-bond donors (Lipinski definition) is 0. The Balaban J connectivity index is 1.66. The number of piperidine rings is 1. The lowest BCUT2D eigenvalue weighted by Crippen LogP contribution is -2.43. The lowest BCUT2D eigenvalue weighted by atomic mass is 9.98. The van der Waals surface area contributed by atoms with E-state index in [0.29, 0.717) is 31.9 Å². The highest BCUT2D eigenvalue weighted by atomic mass is 79.9. The number of amides is 1. The van der Waals surface area contributed by atoms with Crippen LogP contribution in [0.4, 0.5) is 4.39 Å². The van der Waals surface area contributed by atoms with E-state index in [4.69, 9.17) is 4.74 Å². The van der Waals surface area contributed by atoms with Crippen molar-refractivity contribution in [1.82, 2.24) is 9.47 Å². The smallest absolute Gasteiger partial charge is 0.310 e. The first-order valence-corrected chi connectivity index (χ1v) is 11.6. The van der Waals surface area contributed by atoms with Gasteiger partial charge >= 0.3 is 5.97 Å². The van der Waals surface area contributed by atoms with E-state index in [1.165, 1.54) is 12.1 Å². The Labute approximate surface area is 186 Å². The average Bonchev–Trinajstić information content (AvgIpc) is 3.28. The number of esters is 1. The first-order chi connectivity index (χ1) is 14.5. The molecule has 0 unspecified atom stereocenters. The molecule has 8 heteroatoms. The quantitative estimate of drug-likeness (QED) is 0.467. The molecule has 1 amide bonds. The Morgan fingerprint density at radius 1 is 1.33 bits per heavy atom. The normalized spacial score (nSPS) is 16.8. The third-order valence-electron chi connectivity index (χ3n) is 5.35. The summed E-state index contributed by atoms with van der Waals surface area (Å²) in [5.74, 6) is -0.951. The summed E-state index contributed by atoms with van der Waals surface area (Å²) in [6, 6.07) is 8.30. The van der Waals surface area contributed by atoms with Crippen LogP contribution in [0.15, 0.2) is 40.2 Å². The number of ether oxygens (including phenoxy) is 1. The molecule has 3 heterocycles. The Morgan fingerprint density at radius 3 is 2.93 bits per heavy atom. The summed E-state index contributed by atoms with van der Waals surface area (Å²) in [5.41, 5.74) is 2.25. The number of hydrogen-bond acceptors (Lipinski definition) is 4. The summed E-state index contributed by atoms with van der Waals surface area (Å²) in [6.45, 7) is 3.47. The molecule has 1 aliphatic heterocycles. The van der Waals surface area contributed by atoms with Gasteiger partial charge in [0.1, 0.15) is 11.5 Å². The Bertz CT molecular complexity index is 1090. The molecule has 1 aliphatic rings. The van der Waals surface area contributed by atoms with Crippen LogP contribution < -0.4 is 0 Å². The molecule has 0 saturated carbocycles. The van der Waals surface area contributed by atoms with Gasteiger partial charge in [0.05, 0.1) is 27.2 Å². The number of likely N-dealkylation sites (tertiary alicyclic amines) is 1. The summed E-state index contributed by atoms with van der Waals surface area (Å²) < 4.78 is 22.7. The second-order valence-electron chi connectivity index (χ2n) is 7.38. The SMILES string of the molecule is CCOC(=O)[C@@H]1CCCN(C(=O)c2cc3scc(Br)c3n2Cc2cccc(F)c2)C1. The third kappa shape index (κ3) is 4.16. The van der Waals surface area contributed by atoms with Gasteiger partial charge in [-0.05, 0) is 59.5 Å². The molecule has 4 rings (SSSR count). The van der Waals surface area contributed by atoms with E-state index >= 15 is 0 Å². The standard InChI is InChI=1S/C22H22BrFN2O3S/c1-2-29-22(28)15-6-4-8-25(12-15)21(27)18-10-19-20(17(23)13-30-19)26(18)11-14-5-3-7-16(24)9-14/h3,5,7,9-10,13,15H,2,4,6,8,11-12H2,1H3/t15-/m1/s1. The van der Waals surface area contributed by atoms with Crippen LogP contribution in [0.2, 0.25) is 0 Å². The average molecular weight is 493 g/mol. The van der Waals surface area contributed by atoms with Gasteiger partial charge < -0.3 is 14.2 Å². The highest BCUT2D eigenvalue weighted by molar-refractivity contribution is 9.10. The van der Waals surface area contributed by atoms with Crippen molar-refractivity contribution in [3.05, 3.63) is 57.3 Å². The number of benzene rings is 1. The predicted molar refractivity (Wildman–Crippen MR) is 118 cm³/mol. The van der Waals surface area contributed by atoms with E-state index in [1.54, 1.807) is 29.2 Å². The molecule has 3 aromatic rings. The number of nitrogens with zero attached hydrogens (tertiary/aromatic N) is 2. The topological polar surface area (TPSA) is 51.5 Å². The van der Waals surface area contributed by atoms with Crippen LogP contribution in [0.5, 0.6) is 0 Å². The number of halogens is 2. The Morgan fingerprint density at radius 2 is 2.17 bits per heavy atom. The van der Waals surface area contributed by atoms with Gasteiger partial charge in [-0.15, -0.1) is 11.3 Å². The summed E-state index contributed by atoms with van der Waals surface area (Å²) in [6.07, 6.45) is 1.49. The maximum absolute atomic E-state index is 13.7. The number of aromatic nitrogens is 1. The van der Waals surface area contributed by atoms with Gasteiger partial charge in [0.25, 0.3) is 5.91 Å². The van der Waals surface area contributed by atoms with Crippen molar-refractivity contribution in [2.75, 3.05) is 19.7 Å². The van der Waals surface area contributed by atoms with E-state index in [1.807, 2.05) is 22.1 Å². The second-order valence-corrected chi connectivity index (χ2v) is 9.15. The van der Waals surface area contributed by atoms with Crippen molar-refractivity contribution in [3.8, 4) is 0 Å². The van der Waals surface area contributed by atoms with Gasteiger partial charge in [0.15, 0.2) is 0 Å². The van der Waals surface area contributed by atoms with E-state index in [-0.39, 0.29) is 23.6 Å². The van der Waals surface area contributed by atoms with Crippen LogP contribution >= 0.6 is 27.3 Å². The highest BCUT2D eigenvalue weighted by Gasteiger charge is 2.31. The number of thiophene rings is 1. The molecule has 0 radical (unpaired) electrons. The maximum Gasteiger partial charge on any atom is 0.310 e. The van der Waals surface area contributed by atoms with E-state index in [9.17, 15) is 14.0 Å². The molecule has 30 heavy (non-hydrogen) atoms. The first kappa shape index (κ1) is 21.1. The minimum atomic E-state index is -0.304. The molecule has 0 spiro atoms. The molecule has 0 aliphatic carbocycles. The highest BCUT2D eigenvalue weighted by Crippen LogP contribution is 2.34. The van der Waals surface area contributed by atoms with Gasteiger partial charge in [0, 0.05) is 25.0 Å². The molecule has 5 nitrogen and oxygen atoms in total. The van der Waals surface area contributed by atoms with Crippen LogP contribution in [-0.2, 0) is 16.1 Å². The van der Waals surface area contributed by atoms with Crippen LogP contribution in [0.1, 0.15) is 35.8 Å². The summed E-state index contributed by atoms with van der Waals surface area (Å²) >= 11 is 5.13. The summed E-state index contributed by atoms with van der Waals surface area (Å²) in [7, 11) is 0. The number of rotatable bonds is 5. The molecule has 0 N–H and O–H groups in total. The van der Waals surface area contributed by atoms with Gasteiger partial charge in [-0.2, -0.15) is 0 Å². The first-order valence-electron chi connectivity index (χ1n) is 9.94. The molecular formula is C22H22BrFN2O3S. The molecule has 1 saturated heterocycles. The zero-order valence-corrected chi connectivity index (χ0v) is 19.0. The fourth-order valence-electron chi connectivity index (χ4n) is 3.97. The molecule has 1 atom stereocenters. The number of carbonyl (C=O) groups excluding carboxylic acids is 2. The lowest BCUT2D eigenvalue weighted by molar-refractivity contribution is -0.149. The van der Waals surface area contributed by atoms with Crippen LogP contribution in [-0.4, -0.2) is 41.0 Å². The van der Waals surface area contributed by atoms with E-state index in [0.717, 1.165) is 33.1 Å². The minimum Gasteiger partial charge on any atom is -0.466 e. The van der Waals surface area contributed by atoms with Crippen LogP contribution in [0, 0.1) is 11.7 Å². The maximum atomic E-state index is 13.7. The molecule has 0 bridgehead atoms. The van der Waals surface area contributed by atoms with Crippen molar-refractivity contribution < 1.29 is 18.7 Å². The zero-order chi connectivity index (χ0) is 21.3. The fourth-order valence-corrected chi connectivity index (χ4v) is 5.66. The largest absolute Gasteiger partial charge is 0.466 e. The monoisotopic (exact) mass is 492 g/mol. The van der Waals surface area contributed by atoms with Gasteiger partial charge in [-0.1, -0.05) is 12.1 Å². The Hall–Kier alpha value is -2.19. The van der Waals surface area contributed by atoms with Crippen molar-refractivity contribution in [2.24, 2.45) is 5.92 Å². The molecule has 2 aromatic heterocycles. The number of fused-ring (bicyclic) bond motifs is 1. The van der Waals surface area contributed by atoms with Gasteiger partial charge in [0.2, 0.25) is 0 Å². The van der Waals surface area contributed by atoms with Gasteiger partial charge in [-0.3, -0.25) is 9.59 Å². The van der Waals surface area contributed by atoms with Crippen molar-refractivity contribution in [3.63, 3.8) is 0 Å². The molecular weight excluding hydrogens is 471 g/mol. The van der Waals surface area contributed by atoms with Crippen LogP contribution in [0.25, 0.3) is 10.2 Å². The number of carbonyl (C=O) groups is 2. The minimum absolute atomic E-state index is 0.115. The van der Waals surface area contributed by atoms with Crippen molar-refractivity contribution in [2.45, 2.75) is 26.3 Å². The zero-order valence-electron chi connectivity index (χ0n) is 16.6. The Kier molecular flexibility index (Phi) is 6.24. The molecule has 1 aromatic carbocycles.